The molecular weight excluding hydrogens is 214 g/mol. The number of halogens is 1. The Hall–Kier alpha value is 1.44. The first-order valence-electron chi connectivity index (χ1n) is 1.02. The van der Waals surface area contributed by atoms with Gasteiger partial charge in [0.1, 0.15) is 0 Å². The van der Waals surface area contributed by atoms with Gasteiger partial charge in [-0.1, -0.05) is 0 Å². The largest absolute Gasteiger partial charge is 0.397 e. The van der Waals surface area contributed by atoms with Crippen LogP contribution in [0.2, 0.25) is 0 Å². The molecule has 0 bridgehead atoms. The Morgan fingerprint density at radius 2 is 1.60 bits per heavy atom. The zero-order valence-electron chi connectivity index (χ0n) is 3.14. The third kappa shape index (κ3) is 31.0. The second kappa shape index (κ2) is 18.0. The summed E-state index contributed by atoms with van der Waals surface area (Å²) in [7, 11) is 0. The van der Waals surface area contributed by atoms with Gasteiger partial charge in [-0.15, -0.1) is 12.4 Å². The van der Waals surface area contributed by atoms with Crippen molar-refractivity contribution in [3.05, 3.63) is 0 Å². The summed E-state index contributed by atoms with van der Waals surface area (Å²) >= 11 is 0. The molecule has 0 amide bonds. The fourth-order valence-electron chi connectivity index (χ4n) is 0. The van der Waals surface area contributed by atoms with Crippen LogP contribution in [0.25, 0.3) is 0 Å². The molecule has 0 fully saturated rings. The van der Waals surface area contributed by atoms with Crippen LogP contribution in [0, 0.1) is 35.6 Å². The fourth-order valence-corrected chi connectivity index (χ4v) is 0. The molecule has 3 heteroatoms. The van der Waals surface area contributed by atoms with Crippen molar-refractivity contribution in [3.8, 4) is 0 Å². The molecule has 31 valence electrons. The minimum absolute atomic E-state index is 0. The number of hydrogen-bond acceptors (Lipinski definition) is 1. The molecule has 0 aromatic rings. The molecule has 0 unspecified atom stereocenters. The van der Waals surface area contributed by atoms with Crippen LogP contribution in [0.1, 0.15) is 6.92 Å². The van der Waals surface area contributed by atoms with Crippen LogP contribution in [0.15, 0.2) is 0 Å². The topological polar surface area (TPSA) is 20.2 Å². The van der Waals surface area contributed by atoms with Crippen LogP contribution in [0.3, 0.4) is 0 Å². The summed E-state index contributed by atoms with van der Waals surface area (Å²) in [5, 5.41) is 7.57. The number of rotatable bonds is 0. The Balaban J connectivity index is -0.0000000200. The molecule has 0 aromatic heterocycles. The Morgan fingerprint density at radius 3 is 1.60 bits per heavy atom. The second-order valence-corrected chi connectivity index (χ2v) is 0.316. The first-order chi connectivity index (χ1) is 1.41. The monoisotopic (exact) mass is 221 g/mol. The molecule has 0 aliphatic carbocycles. The number of aliphatic hydroxyl groups excluding tert-OH is 1. The second-order valence-electron chi connectivity index (χ2n) is 0.316. The van der Waals surface area contributed by atoms with Gasteiger partial charge in [0.25, 0.3) is 0 Å². The fraction of sp³-hybridized carbons (Fsp3) is 1.00. The van der Waals surface area contributed by atoms with Gasteiger partial charge in [0.05, 0.1) is 0 Å². The zero-order chi connectivity index (χ0) is 2.71. The van der Waals surface area contributed by atoms with Crippen molar-refractivity contribution in [1.29, 1.82) is 0 Å². The predicted molar refractivity (Wildman–Crippen MR) is 20.0 cm³/mol. The molecule has 1 radical (unpaired) electrons. The Kier molecular flexibility index (Phi) is 58.0. The summed E-state index contributed by atoms with van der Waals surface area (Å²) in [6, 6.07) is 0. The van der Waals surface area contributed by atoms with E-state index < -0.39 is 0 Å². The van der Waals surface area contributed by atoms with Crippen molar-refractivity contribution in [2.24, 2.45) is 0 Å². The maximum atomic E-state index is 7.57. The minimum atomic E-state index is 0. The quantitative estimate of drug-likeness (QED) is 0.629. The van der Waals surface area contributed by atoms with Gasteiger partial charge in [0.2, 0.25) is 0 Å². The SMILES string of the molecule is CCO.Cl.[La]. The molecule has 0 atom stereocenters. The normalized spacial score (nSPS) is 3.60. The Morgan fingerprint density at radius 1 is 1.60 bits per heavy atom. The van der Waals surface area contributed by atoms with Crippen LogP contribution in [-0.2, 0) is 0 Å². The average molecular weight is 221 g/mol. The summed E-state index contributed by atoms with van der Waals surface area (Å²) < 4.78 is 0. The molecular formula is C2H7ClLaO. The van der Waals surface area contributed by atoms with E-state index in [2.05, 4.69) is 0 Å². The van der Waals surface area contributed by atoms with Gasteiger partial charge in [0, 0.05) is 42.2 Å². The van der Waals surface area contributed by atoms with E-state index in [-0.39, 0.29) is 54.6 Å². The van der Waals surface area contributed by atoms with Crippen LogP contribution < -0.4 is 0 Å². The van der Waals surface area contributed by atoms with Crippen LogP contribution >= 0.6 is 12.4 Å². The molecule has 0 aliphatic rings. The number of hydrogen-bond donors (Lipinski definition) is 1. The summed E-state index contributed by atoms with van der Waals surface area (Å²) in [5.74, 6) is 0. The molecule has 0 spiro atoms. The van der Waals surface area contributed by atoms with E-state index >= 15 is 0 Å². The Bertz CT molecular complexity index is 9.61. The maximum absolute atomic E-state index is 7.57. The summed E-state index contributed by atoms with van der Waals surface area (Å²) in [6.07, 6.45) is 0. The molecule has 5 heavy (non-hydrogen) atoms. The van der Waals surface area contributed by atoms with Crippen molar-refractivity contribution in [2.75, 3.05) is 6.61 Å². The van der Waals surface area contributed by atoms with Gasteiger partial charge in [0.15, 0.2) is 0 Å². The van der Waals surface area contributed by atoms with E-state index in [0.717, 1.165) is 0 Å². The van der Waals surface area contributed by atoms with Crippen LogP contribution in [0.4, 0.5) is 0 Å². The van der Waals surface area contributed by atoms with Crippen molar-refractivity contribution in [3.63, 3.8) is 0 Å². The van der Waals surface area contributed by atoms with Crippen LogP contribution in [0.5, 0.6) is 0 Å². The van der Waals surface area contributed by atoms with E-state index in [1.807, 2.05) is 0 Å². The van der Waals surface area contributed by atoms with Crippen molar-refractivity contribution < 1.29 is 40.7 Å². The molecule has 0 aromatic carbocycles. The molecule has 0 heterocycles. The molecule has 1 N–H and O–H groups in total. The van der Waals surface area contributed by atoms with Gasteiger partial charge in [-0.2, -0.15) is 0 Å². The predicted octanol–water partition coefficient (Wildman–Crippen LogP) is 0.420. The van der Waals surface area contributed by atoms with Crippen molar-refractivity contribution in [2.45, 2.75) is 6.92 Å². The number of aliphatic hydroxyl groups is 1. The van der Waals surface area contributed by atoms with Gasteiger partial charge in [-0.3, -0.25) is 0 Å². The van der Waals surface area contributed by atoms with Gasteiger partial charge >= 0.3 is 0 Å². The van der Waals surface area contributed by atoms with Gasteiger partial charge in [-0.25, -0.2) is 0 Å². The third-order valence-electron chi connectivity index (χ3n) is 0. The van der Waals surface area contributed by atoms with E-state index in [9.17, 15) is 0 Å². The smallest absolute Gasteiger partial charge is 0.0402 e. The third-order valence-corrected chi connectivity index (χ3v) is 0. The molecule has 1 nitrogen and oxygen atoms in total. The molecule has 0 saturated heterocycles. The maximum Gasteiger partial charge on any atom is 0.0402 e. The zero-order valence-corrected chi connectivity index (χ0v) is 7.58. The standard InChI is InChI=1S/C2H6O.ClH.La/c1-2-3;;/h3H,2H2,1H3;1H;. The van der Waals surface area contributed by atoms with Crippen molar-refractivity contribution >= 4 is 12.4 Å². The van der Waals surface area contributed by atoms with E-state index in [4.69, 9.17) is 5.11 Å². The van der Waals surface area contributed by atoms with Gasteiger partial charge in [-0.05, 0) is 6.92 Å². The molecule has 0 aliphatic heterocycles. The van der Waals surface area contributed by atoms with E-state index in [1.54, 1.807) is 6.92 Å². The Labute approximate surface area is 66.2 Å². The first-order valence-corrected chi connectivity index (χ1v) is 1.02. The van der Waals surface area contributed by atoms with E-state index in [1.165, 1.54) is 0 Å². The molecule has 0 saturated carbocycles. The van der Waals surface area contributed by atoms with Crippen LogP contribution in [-0.4, -0.2) is 11.7 Å². The summed E-state index contributed by atoms with van der Waals surface area (Å²) in [4.78, 5) is 0. The van der Waals surface area contributed by atoms with Gasteiger partial charge < -0.3 is 5.11 Å². The van der Waals surface area contributed by atoms with E-state index in [0.29, 0.717) is 0 Å². The van der Waals surface area contributed by atoms with Crippen molar-refractivity contribution in [1.82, 2.24) is 0 Å². The molecule has 0 rings (SSSR count). The average Bonchev–Trinajstić information content (AvgIpc) is 0.918. The summed E-state index contributed by atoms with van der Waals surface area (Å²) in [6.45, 7) is 1.93. The summed E-state index contributed by atoms with van der Waals surface area (Å²) in [5.41, 5.74) is 0. The minimum Gasteiger partial charge on any atom is -0.397 e. The first kappa shape index (κ1) is 16.1.